The lowest BCUT2D eigenvalue weighted by Gasteiger charge is -2.20. The van der Waals surface area contributed by atoms with Crippen LogP contribution in [0.25, 0.3) is 12.2 Å². The normalized spacial score (nSPS) is 12.6. The number of aliphatic hydroxyl groups excluding tert-OH is 1. The number of rotatable bonds is 8. The van der Waals surface area contributed by atoms with E-state index < -0.39 is 0 Å². The fraction of sp³-hybridized carbons (Fsp3) is 0.217. The zero-order valence-corrected chi connectivity index (χ0v) is 18.1. The summed E-state index contributed by atoms with van der Waals surface area (Å²) in [6, 6.07) is 0. The van der Waals surface area contributed by atoms with Gasteiger partial charge >= 0.3 is 0 Å². The summed E-state index contributed by atoms with van der Waals surface area (Å²) in [5.41, 5.74) is 2.39. The van der Waals surface area contributed by atoms with Crippen LogP contribution in [0, 0.1) is 5.41 Å². The predicted octanol–water partition coefficient (Wildman–Crippen LogP) is 7.01. The Hall–Kier alpha value is -2.79. The average molecular weight is 398 g/mol. The van der Waals surface area contributed by atoms with Crippen molar-refractivity contribution in [2.75, 3.05) is 0 Å². The molecule has 0 spiro atoms. The Bertz CT molecular complexity index is 787. The lowest BCUT2D eigenvalue weighted by atomic mass is 9.85. The molecule has 0 fully saturated rings. The van der Waals surface area contributed by atoms with E-state index in [1.165, 1.54) is 17.8 Å². The number of thioether (sulfide) groups is 1. The molecule has 0 atom stereocenters. The summed E-state index contributed by atoms with van der Waals surface area (Å²) >= 11 is 1.51. The summed E-state index contributed by atoms with van der Waals surface area (Å²) in [4.78, 5) is 0.930. The summed E-state index contributed by atoms with van der Waals surface area (Å²) in [7, 11) is 0. The third kappa shape index (κ3) is 9.78. The monoisotopic (exact) mass is 397 g/mol. The molecule has 2 N–H and O–H groups in total. The Balaban J connectivity index is 0.000000546. The second kappa shape index (κ2) is 13.4. The van der Waals surface area contributed by atoms with Crippen molar-refractivity contribution in [3.05, 3.63) is 95.8 Å². The van der Waals surface area contributed by atoms with Crippen LogP contribution in [0.5, 0.6) is 0 Å². The zero-order valence-electron chi connectivity index (χ0n) is 17.3. The molecule has 1 aromatic heterocycles. The number of aliphatic hydroxyl groups is 1. The first kappa shape index (κ1) is 25.2. The molecule has 5 heteroatoms. The molecule has 0 saturated heterocycles. The predicted molar refractivity (Wildman–Crippen MR) is 126 cm³/mol. The Kier molecular flexibility index (Phi) is 12.1. The third-order valence-corrected chi connectivity index (χ3v) is 3.98. The van der Waals surface area contributed by atoms with Crippen molar-refractivity contribution in [2.24, 2.45) is 5.41 Å². The number of H-pyrrole nitrogens is 1. The molecule has 0 aliphatic rings. The summed E-state index contributed by atoms with van der Waals surface area (Å²) < 4.78 is 0. The van der Waals surface area contributed by atoms with Crippen LogP contribution in [0.4, 0.5) is 0 Å². The molecule has 0 amide bonds. The van der Waals surface area contributed by atoms with Crippen molar-refractivity contribution in [2.45, 2.75) is 27.7 Å². The van der Waals surface area contributed by atoms with E-state index in [-0.39, 0.29) is 11.2 Å². The maximum atomic E-state index is 9.49. The van der Waals surface area contributed by atoms with Crippen LogP contribution in [-0.4, -0.2) is 20.5 Å². The highest BCUT2D eigenvalue weighted by Gasteiger charge is 2.17. The molecule has 4 nitrogen and oxygen atoms in total. The molecule has 0 saturated carbocycles. The number of nitrogens with one attached hydrogen (secondary N) is 1. The molecular weight excluding hydrogens is 366 g/mol. The maximum absolute atomic E-state index is 9.49. The lowest BCUT2D eigenvalue weighted by Crippen LogP contribution is -2.09. The van der Waals surface area contributed by atoms with Crippen molar-refractivity contribution in [3.63, 3.8) is 0 Å². The SMILES string of the molecule is C=C/C(O)=C(\C=C\C)C(C)(C)C.C=C/C=C\C(=C)S/C=C/c1n[nH]nc1C=C. The van der Waals surface area contributed by atoms with Gasteiger partial charge in [0.1, 0.15) is 17.1 Å². The first-order valence-electron chi connectivity index (χ1n) is 8.74. The van der Waals surface area contributed by atoms with Crippen LogP contribution in [0.2, 0.25) is 0 Å². The number of allylic oxidation sites excluding steroid dienone is 7. The summed E-state index contributed by atoms with van der Waals surface area (Å²) in [6.07, 6.45) is 14.3. The second-order valence-electron chi connectivity index (χ2n) is 6.53. The maximum Gasteiger partial charge on any atom is 0.118 e. The van der Waals surface area contributed by atoms with Gasteiger partial charge in [-0.1, -0.05) is 83.2 Å². The first-order valence-corrected chi connectivity index (χ1v) is 9.62. The number of hydrogen-bond donors (Lipinski definition) is 2. The molecule has 1 rings (SSSR count). The quantitative estimate of drug-likeness (QED) is 0.366. The van der Waals surface area contributed by atoms with Crippen molar-refractivity contribution in [1.29, 1.82) is 0 Å². The van der Waals surface area contributed by atoms with Gasteiger partial charge in [0.25, 0.3) is 0 Å². The molecule has 150 valence electrons. The van der Waals surface area contributed by atoms with Crippen LogP contribution in [0.15, 0.2) is 84.4 Å². The smallest absolute Gasteiger partial charge is 0.118 e. The highest BCUT2D eigenvalue weighted by atomic mass is 32.2. The van der Waals surface area contributed by atoms with Gasteiger partial charge < -0.3 is 5.11 Å². The molecular formula is C23H31N3OS. The zero-order chi connectivity index (χ0) is 21.6. The minimum Gasteiger partial charge on any atom is -0.508 e. The summed E-state index contributed by atoms with van der Waals surface area (Å²) in [6.45, 7) is 22.7. The first-order chi connectivity index (χ1) is 13.2. The Morgan fingerprint density at radius 1 is 1.11 bits per heavy atom. The fourth-order valence-electron chi connectivity index (χ4n) is 1.92. The van der Waals surface area contributed by atoms with Crippen molar-refractivity contribution >= 4 is 23.9 Å². The van der Waals surface area contributed by atoms with E-state index in [1.54, 1.807) is 12.2 Å². The highest BCUT2D eigenvalue weighted by molar-refractivity contribution is 8.06. The second-order valence-corrected chi connectivity index (χ2v) is 7.57. The van der Waals surface area contributed by atoms with E-state index in [1.807, 2.05) is 42.7 Å². The number of hydrogen-bond acceptors (Lipinski definition) is 4. The number of nitrogens with zero attached hydrogens (tertiary/aromatic N) is 2. The summed E-state index contributed by atoms with van der Waals surface area (Å²) in [5, 5.41) is 21.8. The topological polar surface area (TPSA) is 61.8 Å². The van der Waals surface area contributed by atoms with E-state index in [2.05, 4.69) is 62.5 Å². The third-order valence-electron chi connectivity index (χ3n) is 3.27. The number of aromatic amines is 1. The molecule has 0 unspecified atom stereocenters. The molecule has 0 aliphatic carbocycles. The van der Waals surface area contributed by atoms with E-state index >= 15 is 0 Å². The Labute approximate surface area is 173 Å². The van der Waals surface area contributed by atoms with Gasteiger partial charge in [0, 0.05) is 4.91 Å². The van der Waals surface area contributed by atoms with Crippen LogP contribution in [0.1, 0.15) is 39.1 Å². The van der Waals surface area contributed by atoms with E-state index in [0.717, 1.165) is 21.9 Å². The standard InChI is InChI=1S/C12H13N3S.C11H18O/c1-4-6-7-10(3)16-9-8-12-11(5-2)13-15-14-12;1-6-8-9(10(12)7-2)11(3,4)5/h4-9H,1-3H2,(H,13,14,15);6-8,12H,2H2,1,3-5H3/b7-6-,9-8+;8-6+,10-9-. The van der Waals surface area contributed by atoms with Crippen LogP contribution in [-0.2, 0) is 0 Å². The largest absolute Gasteiger partial charge is 0.508 e. The van der Waals surface area contributed by atoms with Gasteiger partial charge in [-0.15, -0.1) is 0 Å². The molecule has 1 heterocycles. The molecule has 0 aromatic carbocycles. The van der Waals surface area contributed by atoms with E-state index in [9.17, 15) is 5.11 Å². The van der Waals surface area contributed by atoms with Crippen molar-refractivity contribution in [3.8, 4) is 0 Å². The van der Waals surface area contributed by atoms with Gasteiger partial charge in [0.2, 0.25) is 0 Å². The Morgan fingerprint density at radius 2 is 1.75 bits per heavy atom. The molecule has 0 radical (unpaired) electrons. The number of aromatic nitrogens is 3. The molecule has 1 aromatic rings. The highest BCUT2D eigenvalue weighted by Crippen LogP contribution is 2.28. The van der Waals surface area contributed by atoms with Gasteiger partial charge in [-0.05, 0) is 47.6 Å². The van der Waals surface area contributed by atoms with E-state index in [4.69, 9.17) is 0 Å². The van der Waals surface area contributed by atoms with Gasteiger partial charge in [0.15, 0.2) is 0 Å². The molecule has 0 aliphatic heterocycles. The molecule has 28 heavy (non-hydrogen) atoms. The molecule has 0 bridgehead atoms. The fourth-order valence-corrected chi connectivity index (χ4v) is 2.45. The van der Waals surface area contributed by atoms with E-state index in [0.29, 0.717) is 0 Å². The van der Waals surface area contributed by atoms with Gasteiger partial charge in [-0.3, -0.25) is 0 Å². The van der Waals surface area contributed by atoms with Crippen LogP contribution in [0.3, 0.4) is 0 Å². The lowest BCUT2D eigenvalue weighted by molar-refractivity contribution is 0.397. The average Bonchev–Trinajstić information content (AvgIpc) is 3.11. The van der Waals surface area contributed by atoms with Gasteiger partial charge in [-0.2, -0.15) is 15.4 Å². The van der Waals surface area contributed by atoms with Crippen LogP contribution >= 0.6 is 11.8 Å². The summed E-state index contributed by atoms with van der Waals surface area (Å²) in [5.74, 6) is 0.264. The minimum atomic E-state index is -0.0369. The van der Waals surface area contributed by atoms with Gasteiger partial charge in [0.05, 0.1) is 0 Å². The van der Waals surface area contributed by atoms with Gasteiger partial charge in [-0.25, -0.2) is 0 Å². The van der Waals surface area contributed by atoms with Crippen molar-refractivity contribution < 1.29 is 5.11 Å². The van der Waals surface area contributed by atoms with Crippen LogP contribution < -0.4 is 0 Å². The van der Waals surface area contributed by atoms with Crippen molar-refractivity contribution in [1.82, 2.24) is 15.4 Å². The minimum absolute atomic E-state index is 0.0369. The Morgan fingerprint density at radius 3 is 2.25 bits per heavy atom.